The van der Waals surface area contributed by atoms with Crippen LogP contribution in [0.3, 0.4) is 0 Å². The highest BCUT2D eigenvalue weighted by Crippen LogP contribution is 2.30. The minimum Gasteiger partial charge on any atom is -0.493 e. The lowest BCUT2D eigenvalue weighted by Crippen LogP contribution is -2.28. The third-order valence-corrected chi connectivity index (χ3v) is 3.98. The molecule has 0 bridgehead atoms. The maximum Gasteiger partial charge on any atom is 0.274 e. The molecule has 1 amide bonds. The summed E-state index contributed by atoms with van der Waals surface area (Å²) >= 11 is 0. The summed E-state index contributed by atoms with van der Waals surface area (Å²) in [4.78, 5) is 20.2. The van der Waals surface area contributed by atoms with E-state index in [1.165, 1.54) is 12.4 Å². The lowest BCUT2D eigenvalue weighted by molar-refractivity contribution is 0.0935. The summed E-state index contributed by atoms with van der Waals surface area (Å²) in [7, 11) is 1.60. The zero-order valence-electron chi connectivity index (χ0n) is 15.5. The van der Waals surface area contributed by atoms with Gasteiger partial charge >= 0.3 is 0 Å². The second-order valence-electron chi connectivity index (χ2n) is 5.95. The lowest BCUT2D eigenvalue weighted by atomic mass is 10.1. The molecular formula is C19H26N4O3. The van der Waals surface area contributed by atoms with Crippen LogP contribution in [0.2, 0.25) is 0 Å². The van der Waals surface area contributed by atoms with Crippen LogP contribution in [-0.4, -0.2) is 29.6 Å². The molecule has 1 heterocycles. The van der Waals surface area contributed by atoms with Crippen LogP contribution in [0, 0.1) is 0 Å². The van der Waals surface area contributed by atoms with E-state index in [-0.39, 0.29) is 23.5 Å². The fraction of sp³-hybridized carbons (Fsp3) is 0.421. The second kappa shape index (κ2) is 9.60. The minimum absolute atomic E-state index is 0.102. The monoisotopic (exact) mass is 358 g/mol. The van der Waals surface area contributed by atoms with E-state index in [1.54, 1.807) is 7.11 Å². The number of rotatable bonds is 9. The number of aromatic nitrogens is 2. The fourth-order valence-electron chi connectivity index (χ4n) is 2.48. The van der Waals surface area contributed by atoms with Crippen molar-refractivity contribution in [2.24, 2.45) is 0 Å². The first kappa shape index (κ1) is 19.5. The van der Waals surface area contributed by atoms with Gasteiger partial charge in [-0.15, -0.1) is 0 Å². The van der Waals surface area contributed by atoms with Crippen molar-refractivity contribution in [1.29, 1.82) is 0 Å². The number of anilines is 1. The fourth-order valence-corrected chi connectivity index (χ4v) is 2.48. The number of nitrogen functional groups attached to an aromatic ring is 1. The molecule has 0 aliphatic carbocycles. The number of benzene rings is 1. The van der Waals surface area contributed by atoms with Crippen molar-refractivity contribution in [2.45, 2.75) is 39.2 Å². The molecule has 0 fully saturated rings. The molecule has 26 heavy (non-hydrogen) atoms. The van der Waals surface area contributed by atoms with E-state index < -0.39 is 0 Å². The van der Waals surface area contributed by atoms with Crippen molar-refractivity contribution < 1.29 is 14.3 Å². The Morgan fingerprint density at radius 2 is 2.00 bits per heavy atom. The summed E-state index contributed by atoms with van der Waals surface area (Å²) in [5, 5.41) is 2.87. The van der Waals surface area contributed by atoms with Gasteiger partial charge in [0.25, 0.3) is 5.91 Å². The first-order valence-electron chi connectivity index (χ1n) is 8.74. The van der Waals surface area contributed by atoms with Gasteiger partial charge in [0.15, 0.2) is 23.0 Å². The van der Waals surface area contributed by atoms with Gasteiger partial charge in [0, 0.05) is 12.4 Å². The Kier molecular flexibility index (Phi) is 7.20. The summed E-state index contributed by atoms with van der Waals surface area (Å²) in [5.74, 6) is 1.07. The molecule has 1 unspecified atom stereocenters. The molecule has 7 heteroatoms. The third-order valence-electron chi connectivity index (χ3n) is 3.98. The molecule has 1 aromatic carbocycles. The van der Waals surface area contributed by atoms with Gasteiger partial charge in [-0.2, -0.15) is 0 Å². The van der Waals surface area contributed by atoms with Crippen molar-refractivity contribution in [3.8, 4) is 11.5 Å². The van der Waals surface area contributed by atoms with Crippen LogP contribution < -0.4 is 20.5 Å². The third kappa shape index (κ3) is 5.08. The number of nitrogens with zero attached hydrogens (tertiary/aromatic N) is 2. The Hall–Kier alpha value is -2.83. The molecule has 0 saturated carbocycles. The van der Waals surface area contributed by atoms with Gasteiger partial charge < -0.3 is 20.5 Å². The van der Waals surface area contributed by atoms with Gasteiger partial charge in [-0.3, -0.25) is 4.79 Å². The first-order chi connectivity index (χ1) is 12.6. The van der Waals surface area contributed by atoms with Gasteiger partial charge in [-0.1, -0.05) is 25.8 Å². The maximum atomic E-state index is 12.3. The highest BCUT2D eigenvalue weighted by Gasteiger charge is 2.17. The molecule has 0 radical (unpaired) electrons. The van der Waals surface area contributed by atoms with E-state index in [1.807, 2.05) is 25.1 Å². The summed E-state index contributed by atoms with van der Waals surface area (Å²) in [6, 6.07) is 5.37. The Bertz CT molecular complexity index is 736. The highest BCUT2D eigenvalue weighted by molar-refractivity contribution is 5.96. The van der Waals surface area contributed by atoms with Crippen molar-refractivity contribution >= 4 is 11.7 Å². The van der Waals surface area contributed by atoms with Gasteiger partial charge in [0.05, 0.1) is 19.8 Å². The Morgan fingerprint density at radius 3 is 2.69 bits per heavy atom. The summed E-state index contributed by atoms with van der Waals surface area (Å²) < 4.78 is 11.2. The number of hydrogen-bond donors (Lipinski definition) is 2. The molecule has 0 aliphatic heterocycles. The normalized spacial score (nSPS) is 11.7. The highest BCUT2D eigenvalue weighted by atomic mass is 16.5. The first-order valence-corrected chi connectivity index (χ1v) is 8.74. The molecule has 0 saturated heterocycles. The van der Waals surface area contributed by atoms with Crippen LogP contribution in [0.25, 0.3) is 0 Å². The summed E-state index contributed by atoms with van der Waals surface area (Å²) in [6.45, 7) is 4.68. The average Bonchev–Trinajstić information content (AvgIpc) is 2.65. The zero-order chi connectivity index (χ0) is 18.9. The molecular weight excluding hydrogens is 332 g/mol. The Morgan fingerprint density at radius 1 is 1.23 bits per heavy atom. The number of methoxy groups -OCH3 is 1. The quantitative estimate of drug-likeness (QED) is 0.668. The average molecular weight is 358 g/mol. The molecule has 2 aromatic rings. The van der Waals surface area contributed by atoms with E-state index >= 15 is 0 Å². The van der Waals surface area contributed by atoms with Gasteiger partial charge in [-0.25, -0.2) is 9.97 Å². The van der Waals surface area contributed by atoms with Crippen LogP contribution >= 0.6 is 0 Å². The number of amides is 1. The topological polar surface area (TPSA) is 99.4 Å². The number of carbonyl (C=O) groups is 1. The molecule has 140 valence electrons. The molecule has 3 N–H and O–H groups in total. The number of nitrogens with one attached hydrogen (secondary N) is 1. The summed E-state index contributed by atoms with van der Waals surface area (Å²) in [5.41, 5.74) is 6.70. The van der Waals surface area contributed by atoms with Crippen molar-refractivity contribution in [1.82, 2.24) is 15.3 Å². The Balaban J connectivity index is 2.05. The molecule has 7 nitrogen and oxygen atoms in total. The van der Waals surface area contributed by atoms with Crippen LogP contribution in [0.5, 0.6) is 11.5 Å². The van der Waals surface area contributed by atoms with E-state index in [9.17, 15) is 4.79 Å². The lowest BCUT2D eigenvalue weighted by Gasteiger charge is -2.17. The van der Waals surface area contributed by atoms with Gasteiger partial charge in [0.2, 0.25) is 0 Å². The number of nitrogens with two attached hydrogens (primary N) is 1. The second-order valence-corrected chi connectivity index (χ2v) is 5.95. The zero-order valence-corrected chi connectivity index (χ0v) is 15.5. The van der Waals surface area contributed by atoms with E-state index in [4.69, 9.17) is 15.2 Å². The maximum absolute atomic E-state index is 12.3. The number of ether oxygens (including phenoxy) is 2. The number of unbranched alkanes of at least 4 members (excludes halogenated alkanes) is 2. The predicted molar refractivity (Wildman–Crippen MR) is 100 cm³/mol. The molecule has 0 spiro atoms. The molecule has 2 rings (SSSR count). The van der Waals surface area contributed by atoms with Crippen molar-refractivity contribution in [3.63, 3.8) is 0 Å². The van der Waals surface area contributed by atoms with E-state index in [2.05, 4.69) is 22.2 Å². The number of carbonyl (C=O) groups excluding carboxylic acids is 1. The van der Waals surface area contributed by atoms with Crippen LogP contribution in [-0.2, 0) is 0 Å². The van der Waals surface area contributed by atoms with Crippen LogP contribution in [0.4, 0.5) is 5.82 Å². The van der Waals surface area contributed by atoms with Gasteiger partial charge in [0.1, 0.15) is 0 Å². The standard InChI is InChI=1S/C19H26N4O3/c1-4-5-6-11-26-15-8-7-14(12-16(15)25-3)13(2)23-19(24)17-18(20)22-10-9-21-17/h7-10,12-13H,4-6,11H2,1-3H3,(H2,20,22)(H,23,24). The largest absolute Gasteiger partial charge is 0.493 e. The molecule has 1 aromatic heterocycles. The van der Waals surface area contributed by atoms with E-state index in [0.717, 1.165) is 24.8 Å². The number of hydrogen-bond acceptors (Lipinski definition) is 6. The predicted octanol–water partition coefficient (Wildman–Crippen LogP) is 3.13. The van der Waals surface area contributed by atoms with Crippen LogP contribution in [0.1, 0.15) is 55.2 Å². The van der Waals surface area contributed by atoms with Crippen molar-refractivity contribution in [3.05, 3.63) is 41.9 Å². The minimum atomic E-state index is -0.373. The Labute approximate surface area is 153 Å². The summed E-state index contributed by atoms with van der Waals surface area (Å²) in [6.07, 6.45) is 6.17. The molecule has 1 atom stereocenters. The SMILES string of the molecule is CCCCCOc1ccc(C(C)NC(=O)c2nccnc2N)cc1OC. The van der Waals surface area contributed by atoms with E-state index in [0.29, 0.717) is 18.1 Å². The van der Waals surface area contributed by atoms with Crippen LogP contribution in [0.15, 0.2) is 30.6 Å². The molecule has 0 aliphatic rings. The van der Waals surface area contributed by atoms with Crippen molar-refractivity contribution in [2.75, 3.05) is 19.5 Å². The van der Waals surface area contributed by atoms with Gasteiger partial charge in [-0.05, 0) is 31.0 Å². The smallest absolute Gasteiger partial charge is 0.274 e.